The van der Waals surface area contributed by atoms with Gasteiger partial charge < -0.3 is 14.2 Å². The highest BCUT2D eigenvalue weighted by Gasteiger charge is 2.57. The van der Waals surface area contributed by atoms with Crippen LogP contribution >= 0.6 is 0 Å². The van der Waals surface area contributed by atoms with Crippen molar-refractivity contribution in [3.63, 3.8) is 0 Å². The van der Waals surface area contributed by atoms with Gasteiger partial charge in [-0.3, -0.25) is 9.59 Å². The Morgan fingerprint density at radius 2 is 2.04 bits per heavy atom. The van der Waals surface area contributed by atoms with E-state index in [2.05, 4.69) is 13.8 Å². The van der Waals surface area contributed by atoms with E-state index >= 15 is 0 Å². The first-order chi connectivity index (χ1) is 11.5. The molecule has 5 heteroatoms. The second-order valence-electron chi connectivity index (χ2n) is 7.19. The fourth-order valence-corrected chi connectivity index (χ4v) is 4.41. The summed E-state index contributed by atoms with van der Waals surface area (Å²) in [5.41, 5.74) is 0. The Balaban J connectivity index is 2.23. The minimum atomic E-state index is -0.700. The lowest BCUT2D eigenvalue weighted by Gasteiger charge is -2.34. The summed E-state index contributed by atoms with van der Waals surface area (Å²) in [5.74, 6) is -1.82. The molecule has 1 spiro atoms. The maximum Gasteiger partial charge on any atom is 0.316 e. The number of ketones is 1. The molecule has 1 saturated heterocycles. The van der Waals surface area contributed by atoms with Gasteiger partial charge in [-0.05, 0) is 32.1 Å². The molecule has 0 radical (unpaired) electrons. The van der Waals surface area contributed by atoms with Crippen LogP contribution in [0.4, 0.5) is 0 Å². The number of rotatable bonds is 8. The van der Waals surface area contributed by atoms with Crippen LogP contribution in [0.1, 0.15) is 65.7 Å². The van der Waals surface area contributed by atoms with E-state index < -0.39 is 17.7 Å². The van der Waals surface area contributed by atoms with Crippen LogP contribution in [0.3, 0.4) is 0 Å². The first-order valence-electron chi connectivity index (χ1n) is 9.39. The zero-order chi connectivity index (χ0) is 17.7. The van der Waals surface area contributed by atoms with Crippen molar-refractivity contribution in [3.05, 3.63) is 0 Å². The zero-order valence-electron chi connectivity index (χ0n) is 15.5. The van der Waals surface area contributed by atoms with Gasteiger partial charge in [-0.2, -0.15) is 0 Å². The van der Waals surface area contributed by atoms with Crippen molar-refractivity contribution in [1.29, 1.82) is 0 Å². The fourth-order valence-electron chi connectivity index (χ4n) is 4.41. The Bertz CT molecular complexity index is 449. The number of esters is 1. The maximum atomic E-state index is 12.2. The average molecular weight is 340 g/mol. The highest BCUT2D eigenvalue weighted by molar-refractivity contribution is 5.98. The summed E-state index contributed by atoms with van der Waals surface area (Å²) >= 11 is 0. The highest BCUT2D eigenvalue weighted by atomic mass is 16.7. The zero-order valence-corrected chi connectivity index (χ0v) is 15.5. The molecule has 0 amide bonds. The summed E-state index contributed by atoms with van der Waals surface area (Å²) in [6.07, 6.45) is 6.83. The highest BCUT2D eigenvalue weighted by Crippen LogP contribution is 2.52. The molecule has 0 N–H and O–H groups in total. The third-order valence-corrected chi connectivity index (χ3v) is 5.68. The van der Waals surface area contributed by atoms with Gasteiger partial charge in [-0.25, -0.2) is 0 Å². The summed E-state index contributed by atoms with van der Waals surface area (Å²) < 4.78 is 17.3. The summed E-state index contributed by atoms with van der Waals surface area (Å²) in [6.45, 7) is 6.36. The molecule has 5 nitrogen and oxygen atoms in total. The van der Waals surface area contributed by atoms with Crippen molar-refractivity contribution in [2.24, 2.45) is 17.8 Å². The van der Waals surface area contributed by atoms with Gasteiger partial charge in [0.25, 0.3) is 0 Å². The van der Waals surface area contributed by atoms with Crippen LogP contribution in [-0.2, 0) is 23.8 Å². The van der Waals surface area contributed by atoms with E-state index in [-0.39, 0.29) is 23.7 Å². The van der Waals surface area contributed by atoms with Gasteiger partial charge in [-0.15, -0.1) is 0 Å². The van der Waals surface area contributed by atoms with Crippen molar-refractivity contribution in [2.45, 2.75) is 77.6 Å². The van der Waals surface area contributed by atoms with E-state index in [1.165, 1.54) is 14.0 Å². The predicted molar refractivity (Wildman–Crippen MR) is 90.4 cm³/mol. The molecule has 2 fully saturated rings. The van der Waals surface area contributed by atoms with Crippen LogP contribution in [0.5, 0.6) is 0 Å². The Hall–Kier alpha value is -0.940. The van der Waals surface area contributed by atoms with Crippen LogP contribution in [0, 0.1) is 17.8 Å². The first-order valence-corrected chi connectivity index (χ1v) is 9.39. The van der Waals surface area contributed by atoms with E-state index in [4.69, 9.17) is 14.2 Å². The number of hydrogen-bond donors (Lipinski definition) is 0. The molecular formula is C19H32O5. The Morgan fingerprint density at radius 1 is 1.29 bits per heavy atom. The number of unbranched alkanes of at least 4 members (excludes halogenated alkanes) is 2. The smallest absolute Gasteiger partial charge is 0.316 e. The number of Topliss-reactive ketones (excluding diaryl/α,β-unsaturated/α-hetero) is 1. The van der Waals surface area contributed by atoms with E-state index in [0.29, 0.717) is 6.61 Å². The molecule has 0 aromatic heterocycles. The molecular weight excluding hydrogens is 308 g/mol. The molecule has 1 heterocycles. The topological polar surface area (TPSA) is 61.8 Å². The molecule has 1 aliphatic carbocycles. The lowest BCUT2D eigenvalue weighted by molar-refractivity contribution is -0.200. The first kappa shape index (κ1) is 19.4. The van der Waals surface area contributed by atoms with Crippen molar-refractivity contribution in [1.82, 2.24) is 0 Å². The van der Waals surface area contributed by atoms with Crippen molar-refractivity contribution < 1.29 is 23.8 Å². The molecule has 0 bridgehead atoms. The second-order valence-corrected chi connectivity index (χ2v) is 7.19. The van der Waals surface area contributed by atoms with Crippen LogP contribution in [-0.4, -0.2) is 37.4 Å². The molecule has 1 aliphatic heterocycles. The maximum absolute atomic E-state index is 12.2. The van der Waals surface area contributed by atoms with Crippen molar-refractivity contribution >= 4 is 11.8 Å². The molecule has 5 atom stereocenters. The summed E-state index contributed by atoms with van der Waals surface area (Å²) in [4.78, 5) is 24.4. The Labute approximate surface area is 145 Å². The number of ether oxygens (including phenoxy) is 3. The van der Waals surface area contributed by atoms with Gasteiger partial charge in [0.1, 0.15) is 11.7 Å². The number of carbonyl (C=O) groups excluding carboxylic acids is 2. The normalized spacial score (nSPS) is 33.8. The quantitative estimate of drug-likeness (QED) is 0.384. The van der Waals surface area contributed by atoms with Gasteiger partial charge in [0.05, 0.1) is 19.8 Å². The monoisotopic (exact) mass is 340 g/mol. The predicted octanol–water partition coefficient (Wildman–Crippen LogP) is 3.49. The van der Waals surface area contributed by atoms with E-state index in [9.17, 15) is 9.59 Å². The molecule has 0 aromatic rings. The number of carbonyl (C=O) groups is 2. The molecule has 138 valence electrons. The van der Waals surface area contributed by atoms with Gasteiger partial charge >= 0.3 is 5.97 Å². The van der Waals surface area contributed by atoms with Crippen molar-refractivity contribution in [3.8, 4) is 0 Å². The Kier molecular flexibility index (Phi) is 6.81. The lowest BCUT2D eigenvalue weighted by atomic mass is 9.78. The molecule has 24 heavy (non-hydrogen) atoms. The summed E-state index contributed by atoms with van der Waals surface area (Å²) in [6, 6.07) is 0. The summed E-state index contributed by atoms with van der Waals surface area (Å²) in [7, 11) is 1.35. The van der Waals surface area contributed by atoms with E-state index in [1.54, 1.807) is 0 Å². The van der Waals surface area contributed by atoms with E-state index in [0.717, 1.165) is 44.9 Å². The SMILES string of the molecule is CCCCCC1C(C(C(C)=O)C(=O)OC)CCC12OCC(CC)O2. The standard InChI is InChI=1S/C19H32O5/c1-5-7-8-9-16-15(17(13(3)20)18(21)22-4)10-11-19(16)23-12-14(6-2)24-19/h14-17H,5-12H2,1-4H3. The Morgan fingerprint density at radius 3 is 2.58 bits per heavy atom. The fraction of sp³-hybridized carbons (Fsp3) is 0.895. The molecule has 1 saturated carbocycles. The van der Waals surface area contributed by atoms with Crippen LogP contribution in [0.15, 0.2) is 0 Å². The van der Waals surface area contributed by atoms with Crippen LogP contribution < -0.4 is 0 Å². The third kappa shape index (κ3) is 3.83. The third-order valence-electron chi connectivity index (χ3n) is 5.68. The van der Waals surface area contributed by atoms with Gasteiger partial charge in [-0.1, -0.05) is 33.1 Å². The minimum absolute atomic E-state index is 0.0533. The minimum Gasteiger partial charge on any atom is -0.468 e. The van der Waals surface area contributed by atoms with Gasteiger partial charge in [0, 0.05) is 12.3 Å². The van der Waals surface area contributed by atoms with Crippen LogP contribution in [0.25, 0.3) is 0 Å². The second kappa shape index (κ2) is 8.43. The summed E-state index contributed by atoms with van der Waals surface area (Å²) in [5, 5.41) is 0. The lowest BCUT2D eigenvalue weighted by Crippen LogP contribution is -2.42. The van der Waals surface area contributed by atoms with Crippen molar-refractivity contribution in [2.75, 3.05) is 13.7 Å². The molecule has 2 rings (SSSR count). The van der Waals surface area contributed by atoms with Gasteiger partial charge in [0.15, 0.2) is 5.79 Å². The number of hydrogen-bond acceptors (Lipinski definition) is 5. The molecule has 0 aromatic carbocycles. The number of methoxy groups -OCH3 is 1. The molecule has 2 aliphatic rings. The average Bonchev–Trinajstić information content (AvgIpc) is 3.13. The van der Waals surface area contributed by atoms with Gasteiger partial charge in [0.2, 0.25) is 0 Å². The van der Waals surface area contributed by atoms with E-state index in [1.807, 2.05) is 0 Å². The van der Waals surface area contributed by atoms with Crippen LogP contribution in [0.2, 0.25) is 0 Å². The largest absolute Gasteiger partial charge is 0.468 e. The molecule has 5 unspecified atom stereocenters.